The van der Waals surface area contributed by atoms with Crippen LogP contribution >= 0.6 is 0 Å². The number of rotatable bonds is 21. The summed E-state index contributed by atoms with van der Waals surface area (Å²) < 4.78 is 28.9. The second kappa shape index (κ2) is 19.7. The molecule has 1 heterocycles. The van der Waals surface area contributed by atoms with Crippen LogP contribution in [0.2, 0.25) is 0 Å². The Hall–Kier alpha value is -2.27. The molecule has 0 radical (unpaired) electrons. The molecule has 220 valence electrons. The zero-order valence-electron chi connectivity index (χ0n) is 25.0. The van der Waals surface area contributed by atoms with E-state index >= 15 is 0 Å². The van der Waals surface area contributed by atoms with Crippen LogP contribution < -0.4 is 15.5 Å². The smallest absolute Gasteiger partial charge is 0.227 e. The highest BCUT2D eigenvalue weighted by Gasteiger charge is 2.06. The summed E-state index contributed by atoms with van der Waals surface area (Å²) in [6, 6.07) is 7.89. The SMILES string of the molecule is C/C=c1/nc(-c2ccc(OCCCN(C)CCOCCOCCN(C)C)cc2)o/c1=C/COCCCN(C)C. The van der Waals surface area contributed by atoms with Gasteiger partial charge in [-0.3, -0.25) is 0 Å². The maximum Gasteiger partial charge on any atom is 0.227 e. The van der Waals surface area contributed by atoms with E-state index in [4.69, 9.17) is 23.4 Å². The number of hydrogen-bond donors (Lipinski definition) is 0. The second-order valence-electron chi connectivity index (χ2n) is 10.1. The molecule has 39 heavy (non-hydrogen) atoms. The van der Waals surface area contributed by atoms with Gasteiger partial charge in [0.2, 0.25) is 5.89 Å². The van der Waals surface area contributed by atoms with Gasteiger partial charge in [0.05, 0.1) is 39.6 Å². The summed E-state index contributed by atoms with van der Waals surface area (Å²) in [5, 5.41) is 0.824. The highest BCUT2D eigenvalue weighted by molar-refractivity contribution is 5.54. The minimum absolute atomic E-state index is 0.504. The molecule has 0 amide bonds. The van der Waals surface area contributed by atoms with Crippen molar-refractivity contribution < 1.29 is 23.4 Å². The lowest BCUT2D eigenvalue weighted by Crippen LogP contribution is -2.26. The number of oxazole rings is 1. The highest BCUT2D eigenvalue weighted by Crippen LogP contribution is 2.19. The number of hydrogen-bond acceptors (Lipinski definition) is 9. The second-order valence-corrected chi connectivity index (χ2v) is 10.1. The van der Waals surface area contributed by atoms with Crippen LogP contribution in [0.25, 0.3) is 23.6 Å². The molecule has 2 aromatic rings. The Bertz CT molecular complexity index is 1010. The number of benzene rings is 1. The zero-order chi connectivity index (χ0) is 28.3. The molecule has 0 saturated heterocycles. The van der Waals surface area contributed by atoms with Gasteiger partial charge in [-0.15, -0.1) is 0 Å². The van der Waals surface area contributed by atoms with Crippen molar-refractivity contribution in [1.29, 1.82) is 0 Å². The fourth-order valence-corrected chi connectivity index (χ4v) is 3.64. The molecule has 0 fully saturated rings. The zero-order valence-corrected chi connectivity index (χ0v) is 25.0. The lowest BCUT2D eigenvalue weighted by molar-refractivity contribution is 0.0363. The Balaban J connectivity index is 1.66. The lowest BCUT2D eigenvalue weighted by atomic mass is 10.2. The van der Waals surface area contributed by atoms with Gasteiger partial charge < -0.3 is 38.1 Å². The Kier molecular flexibility index (Phi) is 16.7. The van der Waals surface area contributed by atoms with Crippen LogP contribution in [0, 0.1) is 0 Å². The van der Waals surface area contributed by atoms with Gasteiger partial charge in [0, 0.05) is 31.8 Å². The van der Waals surface area contributed by atoms with Gasteiger partial charge >= 0.3 is 0 Å². The molecule has 0 spiro atoms. The first-order valence-electron chi connectivity index (χ1n) is 14.0. The van der Waals surface area contributed by atoms with Crippen molar-refractivity contribution in [3.63, 3.8) is 0 Å². The lowest BCUT2D eigenvalue weighted by Gasteiger charge is -2.17. The fourth-order valence-electron chi connectivity index (χ4n) is 3.64. The molecule has 1 aromatic heterocycles. The third-order valence-corrected chi connectivity index (χ3v) is 5.96. The summed E-state index contributed by atoms with van der Waals surface area (Å²) in [5.41, 5.74) is 1.66. The molecule has 9 heteroatoms. The molecule has 0 bridgehead atoms. The van der Waals surface area contributed by atoms with E-state index in [2.05, 4.69) is 40.8 Å². The largest absolute Gasteiger partial charge is 0.494 e. The van der Waals surface area contributed by atoms with E-state index in [0.29, 0.717) is 38.9 Å². The summed E-state index contributed by atoms with van der Waals surface area (Å²) in [7, 11) is 10.3. The monoisotopic (exact) mass is 546 g/mol. The first-order chi connectivity index (χ1) is 18.9. The Labute approximate surface area is 235 Å². The molecule has 0 aliphatic heterocycles. The average Bonchev–Trinajstić information content (AvgIpc) is 3.33. The molecule has 2 rings (SSSR count). The van der Waals surface area contributed by atoms with Gasteiger partial charge in [0.15, 0.2) is 5.42 Å². The van der Waals surface area contributed by atoms with E-state index in [9.17, 15) is 0 Å². The topological polar surface area (TPSA) is 72.7 Å². The number of nitrogens with zero attached hydrogens (tertiary/aromatic N) is 4. The first kappa shape index (κ1) is 32.9. The van der Waals surface area contributed by atoms with Gasteiger partial charge in [-0.1, -0.05) is 6.08 Å². The van der Waals surface area contributed by atoms with E-state index in [1.54, 1.807) is 0 Å². The summed E-state index contributed by atoms with van der Waals surface area (Å²) in [4.78, 5) is 11.2. The van der Waals surface area contributed by atoms with Crippen LogP contribution in [-0.2, 0) is 14.2 Å². The van der Waals surface area contributed by atoms with E-state index in [1.165, 1.54) is 0 Å². The Morgan fingerprint density at radius 2 is 1.41 bits per heavy atom. The Morgan fingerprint density at radius 1 is 0.744 bits per heavy atom. The summed E-state index contributed by atoms with van der Waals surface area (Å²) in [6.45, 7) is 10.4. The van der Waals surface area contributed by atoms with Crippen LogP contribution in [0.1, 0.15) is 19.8 Å². The minimum atomic E-state index is 0.504. The minimum Gasteiger partial charge on any atom is -0.494 e. The average molecular weight is 547 g/mol. The van der Waals surface area contributed by atoms with Gasteiger partial charge in [-0.2, -0.15) is 0 Å². The van der Waals surface area contributed by atoms with E-state index in [0.717, 1.165) is 74.3 Å². The molecule has 0 N–H and O–H groups in total. The molecule has 0 unspecified atom stereocenters. The molecular weight excluding hydrogens is 496 g/mol. The van der Waals surface area contributed by atoms with E-state index < -0.39 is 0 Å². The van der Waals surface area contributed by atoms with Crippen molar-refractivity contribution in [3.05, 3.63) is 35.0 Å². The molecule has 0 saturated carbocycles. The number of ether oxygens (including phenoxy) is 4. The van der Waals surface area contributed by atoms with Gasteiger partial charge in [0.1, 0.15) is 11.1 Å². The fraction of sp³-hybridized carbons (Fsp3) is 0.633. The van der Waals surface area contributed by atoms with Crippen molar-refractivity contribution in [2.75, 3.05) is 108 Å². The van der Waals surface area contributed by atoms with Gasteiger partial charge in [-0.05, 0) is 91.9 Å². The van der Waals surface area contributed by atoms with Crippen LogP contribution in [0.5, 0.6) is 5.75 Å². The van der Waals surface area contributed by atoms with Crippen molar-refractivity contribution in [2.45, 2.75) is 19.8 Å². The third kappa shape index (κ3) is 14.6. The van der Waals surface area contributed by atoms with E-state index in [1.807, 2.05) is 57.4 Å². The van der Waals surface area contributed by atoms with Crippen LogP contribution in [0.3, 0.4) is 0 Å². The standard InChI is InChI=1S/C30H50N4O5/c1-7-28-29(14-21-35-19-8-15-32(2)3)39-30(31-28)26-10-12-27(13-11-26)38-20-9-16-34(6)18-23-37-25-24-36-22-17-33(4)5/h7,10-14H,8-9,15-25H2,1-6H3/b28-7+,29-14+. The molecule has 0 aliphatic rings. The van der Waals surface area contributed by atoms with Crippen molar-refractivity contribution in [2.24, 2.45) is 0 Å². The van der Waals surface area contributed by atoms with Gasteiger partial charge in [0.25, 0.3) is 0 Å². The van der Waals surface area contributed by atoms with Gasteiger partial charge in [-0.25, -0.2) is 4.98 Å². The number of likely N-dealkylation sites (N-methyl/N-ethyl adjacent to an activating group) is 2. The third-order valence-electron chi connectivity index (χ3n) is 5.96. The first-order valence-corrected chi connectivity index (χ1v) is 14.0. The van der Waals surface area contributed by atoms with Crippen molar-refractivity contribution in [3.8, 4) is 17.2 Å². The van der Waals surface area contributed by atoms with Crippen LogP contribution in [0.4, 0.5) is 0 Å². The van der Waals surface area contributed by atoms with Crippen molar-refractivity contribution >= 4 is 12.2 Å². The molecular formula is C30H50N4O5. The maximum absolute atomic E-state index is 6.02. The summed E-state index contributed by atoms with van der Waals surface area (Å²) in [6.07, 6.45) is 5.85. The van der Waals surface area contributed by atoms with Crippen LogP contribution in [-0.4, -0.2) is 127 Å². The summed E-state index contributed by atoms with van der Waals surface area (Å²) >= 11 is 0. The predicted octanol–water partition coefficient (Wildman–Crippen LogP) is 2.19. The number of aromatic nitrogens is 1. The highest BCUT2D eigenvalue weighted by atomic mass is 16.5. The normalized spacial score (nSPS) is 12.9. The predicted molar refractivity (Wildman–Crippen MR) is 158 cm³/mol. The van der Waals surface area contributed by atoms with Crippen molar-refractivity contribution in [1.82, 2.24) is 19.7 Å². The quantitative estimate of drug-likeness (QED) is 0.219. The Morgan fingerprint density at radius 3 is 2.08 bits per heavy atom. The van der Waals surface area contributed by atoms with Crippen LogP contribution in [0.15, 0.2) is 28.7 Å². The molecule has 1 aromatic carbocycles. The van der Waals surface area contributed by atoms with E-state index in [-0.39, 0.29) is 0 Å². The summed E-state index contributed by atoms with van der Waals surface area (Å²) in [5.74, 6) is 1.43. The molecule has 0 aliphatic carbocycles. The molecule has 0 atom stereocenters. The maximum atomic E-state index is 6.02. The molecule has 9 nitrogen and oxygen atoms in total.